The molecule has 5 nitrogen and oxygen atoms in total. The SMILES string of the molecule is CO/N=C/c1ccc(C(=O)N(C)CCOc2ccc(C)cc2)cc1. The Bertz CT molecular complexity index is 679. The molecule has 0 saturated heterocycles. The summed E-state index contributed by atoms with van der Waals surface area (Å²) in [6.45, 7) is 2.99. The molecule has 24 heavy (non-hydrogen) atoms. The van der Waals surface area contributed by atoms with E-state index >= 15 is 0 Å². The number of carbonyl (C=O) groups is 1. The van der Waals surface area contributed by atoms with E-state index in [0.29, 0.717) is 18.7 Å². The molecule has 0 heterocycles. The summed E-state index contributed by atoms with van der Waals surface area (Å²) in [5, 5.41) is 3.69. The van der Waals surface area contributed by atoms with Crippen molar-refractivity contribution in [3.05, 3.63) is 65.2 Å². The van der Waals surface area contributed by atoms with E-state index < -0.39 is 0 Å². The fourth-order valence-corrected chi connectivity index (χ4v) is 2.08. The molecule has 126 valence electrons. The van der Waals surface area contributed by atoms with Crippen LogP contribution in [0.25, 0.3) is 0 Å². The van der Waals surface area contributed by atoms with Crippen LogP contribution in [0, 0.1) is 6.92 Å². The molecular formula is C19H22N2O3. The van der Waals surface area contributed by atoms with Crippen molar-refractivity contribution in [1.82, 2.24) is 4.90 Å². The van der Waals surface area contributed by atoms with E-state index in [1.807, 2.05) is 43.3 Å². The maximum absolute atomic E-state index is 12.4. The first-order valence-corrected chi connectivity index (χ1v) is 7.71. The highest BCUT2D eigenvalue weighted by Gasteiger charge is 2.11. The Hall–Kier alpha value is -2.82. The molecule has 0 aromatic heterocycles. The number of carbonyl (C=O) groups excluding carboxylic acids is 1. The number of hydrogen-bond acceptors (Lipinski definition) is 4. The van der Waals surface area contributed by atoms with Gasteiger partial charge in [-0.25, -0.2) is 0 Å². The lowest BCUT2D eigenvalue weighted by Gasteiger charge is -2.17. The van der Waals surface area contributed by atoms with Gasteiger partial charge in [0.1, 0.15) is 19.5 Å². The molecule has 1 amide bonds. The number of hydrogen-bond donors (Lipinski definition) is 0. The number of amides is 1. The maximum Gasteiger partial charge on any atom is 0.253 e. The molecule has 0 aliphatic rings. The molecule has 2 aromatic rings. The highest BCUT2D eigenvalue weighted by molar-refractivity contribution is 5.94. The van der Waals surface area contributed by atoms with Gasteiger partial charge in [-0.3, -0.25) is 4.79 Å². The Labute approximate surface area is 142 Å². The quantitative estimate of drug-likeness (QED) is 0.580. The molecule has 0 fully saturated rings. The summed E-state index contributed by atoms with van der Waals surface area (Å²) in [7, 11) is 3.25. The average molecular weight is 326 g/mol. The predicted molar refractivity (Wildman–Crippen MR) is 94.7 cm³/mol. The monoisotopic (exact) mass is 326 g/mol. The summed E-state index contributed by atoms with van der Waals surface area (Å²) >= 11 is 0. The van der Waals surface area contributed by atoms with Gasteiger partial charge in [-0.2, -0.15) is 0 Å². The third-order valence-corrected chi connectivity index (χ3v) is 3.53. The van der Waals surface area contributed by atoms with Crippen molar-refractivity contribution in [2.24, 2.45) is 5.16 Å². The Morgan fingerprint density at radius 1 is 1.12 bits per heavy atom. The second-order valence-corrected chi connectivity index (χ2v) is 5.43. The maximum atomic E-state index is 12.4. The van der Waals surface area contributed by atoms with Crippen LogP contribution in [0.15, 0.2) is 53.7 Å². The summed E-state index contributed by atoms with van der Waals surface area (Å²) in [4.78, 5) is 18.6. The second-order valence-electron chi connectivity index (χ2n) is 5.43. The molecule has 0 saturated carbocycles. The smallest absolute Gasteiger partial charge is 0.253 e. The number of benzene rings is 2. The zero-order valence-electron chi connectivity index (χ0n) is 14.2. The van der Waals surface area contributed by atoms with E-state index in [4.69, 9.17) is 4.74 Å². The van der Waals surface area contributed by atoms with Gasteiger partial charge in [0.05, 0.1) is 12.8 Å². The molecule has 0 unspecified atom stereocenters. The van der Waals surface area contributed by atoms with Crippen LogP contribution in [-0.2, 0) is 4.84 Å². The van der Waals surface area contributed by atoms with Crippen molar-refractivity contribution in [1.29, 1.82) is 0 Å². The van der Waals surface area contributed by atoms with E-state index in [0.717, 1.165) is 11.3 Å². The van der Waals surface area contributed by atoms with E-state index in [2.05, 4.69) is 9.99 Å². The first kappa shape index (κ1) is 17.5. The Balaban J connectivity index is 1.85. The topological polar surface area (TPSA) is 51.1 Å². The zero-order chi connectivity index (χ0) is 17.4. The van der Waals surface area contributed by atoms with Crippen molar-refractivity contribution in [2.45, 2.75) is 6.92 Å². The van der Waals surface area contributed by atoms with Crippen LogP contribution in [0.3, 0.4) is 0 Å². The van der Waals surface area contributed by atoms with Crippen molar-refractivity contribution in [2.75, 3.05) is 27.3 Å². The minimum atomic E-state index is -0.0438. The number of rotatable bonds is 7. The van der Waals surface area contributed by atoms with Gasteiger partial charge in [0.25, 0.3) is 5.91 Å². The van der Waals surface area contributed by atoms with E-state index in [1.165, 1.54) is 12.7 Å². The molecule has 0 radical (unpaired) electrons. The van der Waals surface area contributed by atoms with Gasteiger partial charge in [-0.15, -0.1) is 0 Å². The molecule has 0 atom stereocenters. The molecule has 5 heteroatoms. The van der Waals surface area contributed by atoms with Gasteiger partial charge in [-0.05, 0) is 36.8 Å². The van der Waals surface area contributed by atoms with Crippen LogP contribution in [0.2, 0.25) is 0 Å². The van der Waals surface area contributed by atoms with Crippen molar-refractivity contribution >= 4 is 12.1 Å². The summed E-state index contributed by atoms with van der Waals surface area (Å²) < 4.78 is 5.66. The molecule has 0 bridgehead atoms. The van der Waals surface area contributed by atoms with Crippen LogP contribution in [-0.4, -0.2) is 44.3 Å². The molecule has 0 N–H and O–H groups in total. The van der Waals surface area contributed by atoms with Crippen LogP contribution in [0.1, 0.15) is 21.5 Å². The average Bonchev–Trinajstić information content (AvgIpc) is 2.61. The van der Waals surface area contributed by atoms with Gasteiger partial charge in [-0.1, -0.05) is 35.0 Å². The van der Waals surface area contributed by atoms with Gasteiger partial charge >= 0.3 is 0 Å². The fraction of sp³-hybridized carbons (Fsp3) is 0.263. The van der Waals surface area contributed by atoms with Gasteiger partial charge < -0.3 is 14.5 Å². The highest BCUT2D eigenvalue weighted by atomic mass is 16.6. The number of likely N-dealkylation sites (N-methyl/N-ethyl adjacent to an activating group) is 1. The lowest BCUT2D eigenvalue weighted by atomic mass is 10.1. The van der Waals surface area contributed by atoms with E-state index in [1.54, 1.807) is 30.3 Å². The molecule has 2 rings (SSSR count). The molecular weight excluding hydrogens is 304 g/mol. The van der Waals surface area contributed by atoms with E-state index in [-0.39, 0.29) is 5.91 Å². The predicted octanol–water partition coefficient (Wildman–Crippen LogP) is 3.13. The molecule has 2 aromatic carbocycles. The Morgan fingerprint density at radius 3 is 2.42 bits per heavy atom. The number of ether oxygens (including phenoxy) is 1. The summed E-state index contributed by atoms with van der Waals surface area (Å²) in [5.41, 5.74) is 2.69. The van der Waals surface area contributed by atoms with Gasteiger partial charge in [0.2, 0.25) is 0 Å². The van der Waals surface area contributed by atoms with Crippen molar-refractivity contribution < 1.29 is 14.4 Å². The number of nitrogens with zero attached hydrogens (tertiary/aromatic N) is 2. The third kappa shape index (κ3) is 5.12. The van der Waals surface area contributed by atoms with Crippen LogP contribution in [0.4, 0.5) is 0 Å². The normalized spacial score (nSPS) is 10.6. The summed E-state index contributed by atoms with van der Waals surface area (Å²) in [6, 6.07) is 15.1. The fourth-order valence-electron chi connectivity index (χ4n) is 2.08. The zero-order valence-corrected chi connectivity index (χ0v) is 14.2. The minimum absolute atomic E-state index is 0.0438. The second kappa shape index (κ2) is 8.72. The first-order chi connectivity index (χ1) is 11.6. The molecule has 0 aliphatic carbocycles. The Kier molecular flexibility index (Phi) is 6.37. The summed E-state index contributed by atoms with van der Waals surface area (Å²) in [6.07, 6.45) is 1.59. The van der Waals surface area contributed by atoms with Crippen molar-refractivity contribution in [3.8, 4) is 5.75 Å². The molecule has 0 spiro atoms. The number of aryl methyl sites for hydroxylation is 1. The third-order valence-electron chi connectivity index (χ3n) is 3.53. The Morgan fingerprint density at radius 2 is 1.79 bits per heavy atom. The summed E-state index contributed by atoms with van der Waals surface area (Å²) in [5.74, 6) is 0.765. The van der Waals surface area contributed by atoms with Crippen LogP contribution in [0.5, 0.6) is 5.75 Å². The molecule has 0 aliphatic heterocycles. The van der Waals surface area contributed by atoms with E-state index in [9.17, 15) is 4.79 Å². The first-order valence-electron chi connectivity index (χ1n) is 7.71. The number of oxime groups is 1. The lowest BCUT2D eigenvalue weighted by molar-refractivity contribution is 0.0774. The van der Waals surface area contributed by atoms with Crippen LogP contribution < -0.4 is 4.74 Å². The van der Waals surface area contributed by atoms with Crippen LogP contribution >= 0.6 is 0 Å². The van der Waals surface area contributed by atoms with Crippen molar-refractivity contribution in [3.63, 3.8) is 0 Å². The lowest BCUT2D eigenvalue weighted by Crippen LogP contribution is -2.30. The van der Waals surface area contributed by atoms with Gasteiger partial charge in [0, 0.05) is 12.6 Å². The minimum Gasteiger partial charge on any atom is -0.492 e. The highest BCUT2D eigenvalue weighted by Crippen LogP contribution is 2.11. The standard InChI is InChI=1S/C19H22N2O3/c1-15-4-10-18(11-5-15)24-13-12-21(2)19(22)17-8-6-16(7-9-17)14-20-23-3/h4-11,14H,12-13H2,1-3H3/b20-14+. The largest absolute Gasteiger partial charge is 0.492 e. The van der Waals surface area contributed by atoms with Gasteiger partial charge in [0.15, 0.2) is 0 Å².